The number of H-pyrrole nitrogens is 1. The molecule has 6 rings (SSSR count). The number of hydrogen-bond acceptors (Lipinski definition) is 11. The monoisotopic (exact) mass is 674 g/mol. The van der Waals surface area contributed by atoms with E-state index in [0.29, 0.717) is 39.7 Å². The second kappa shape index (κ2) is 15.7. The van der Waals surface area contributed by atoms with Gasteiger partial charge in [-0.1, -0.05) is 53.8 Å². The van der Waals surface area contributed by atoms with Crippen molar-refractivity contribution in [2.75, 3.05) is 60.2 Å². The minimum absolute atomic E-state index is 0.0795. The third-order valence-corrected chi connectivity index (χ3v) is 9.63. The highest BCUT2D eigenvalue weighted by Crippen LogP contribution is 2.42. The maximum absolute atomic E-state index is 13.5. The number of morpholine rings is 1. The second-order valence-corrected chi connectivity index (χ2v) is 13.0. The van der Waals surface area contributed by atoms with Gasteiger partial charge in [0.15, 0.2) is 17.3 Å². The lowest BCUT2D eigenvalue weighted by molar-refractivity contribution is -0.122. The Bertz CT molecular complexity index is 1740. The topological polar surface area (TPSA) is 115 Å². The molecule has 0 saturated carbocycles. The standard InChI is InChI=1S/C34H38N6O5S2/c1-42-27-10-9-24-21-26(8-7-25(24)22-27)28-18-23(19-29(43-2)32(28)45-17-14-39-12-15-44-16-13-39)20-30-33(41)40(34(46)47-30)11-5-3-4-6-31-35-37-38-36-31/h7-10,18-22H,3-6,11-17H2,1-2H3,(H,35,36,37,38)/b30-20-. The fraction of sp³-hybridized carbons (Fsp3) is 0.382. The van der Waals surface area contributed by atoms with Crippen LogP contribution in [0.2, 0.25) is 0 Å². The molecule has 4 aromatic rings. The number of aromatic amines is 1. The number of methoxy groups -OCH3 is 2. The predicted octanol–water partition coefficient (Wildman–Crippen LogP) is 5.36. The average Bonchev–Trinajstić information content (AvgIpc) is 3.72. The molecular formula is C34H38N6O5S2. The predicted molar refractivity (Wildman–Crippen MR) is 187 cm³/mol. The molecule has 3 heterocycles. The van der Waals surface area contributed by atoms with Gasteiger partial charge in [-0.3, -0.25) is 14.6 Å². The highest BCUT2D eigenvalue weighted by atomic mass is 32.2. The molecule has 246 valence electrons. The number of nitrogens with zero attached hydrogens (tertiary/aromatic N) is 5. The minimum Gasteiger partial charge on any atom is -0.497 e. The zero-order valence-corrected chi connectivity index (χ0v) is 28.2. The fourth-order valence-corrected chi connectivity index (χ4v) is 7.01. The molecule has 0 bridgehead atoms. The van der Waals surface area contributed by atoms with E-state index in [1.165, 1.54) is 11.8 Å². The number of rotatable bonds is 14. The van der Waals surface area contributed by atoms with Gasteiger partial charge in [0.25, 0.3) is 5.91 Å². The first-order valence-corrected chi connectivity index (χ1v) is 17.0. The molecule has 0 aliphatic carbocycles. The number of fused-ring (bicyclic) bond motifs is 1. The van der Waals surface area contributed by atoms with Crippen molar-refractivity contribution >= 4 is 51.1 Å². The van der Waals surface area contributed by atoms with Crippen molar-refractivity contribution in [2.24, 2.45) is 0 Å². The van der Waals surface area contributed by atoms with Crippen LogP contribution in [0.15, 0.2) is 53.4 Å². The van der Waals surface area contributed by atoms with E-state index in [4.69, 9.17) is 31.2 Å². The van der Waals surface area contributed by atoms with Gasteiger partial charge in [0, 0.05) is 38.2 Å². The van der Waals surface area contributed by atoms with E-state index < -0.39 is 0 Å². The van der Waals surface area contributed by atoms with E-state index in [-0.39, 0.29) is 5.91 Å². The normalized spacial score (nSPS) is 16.4. The van der Waals surface area contributed by atoms with Gasteiger partial charge in [0.05, 0.1) is 32.3 Å². The van der Waals surface area contributed by atoms with Crippen LogP contribution in [0.3, 0.4) is 0 Å². The highest BCUT2D eigenvalue weighted by Gasteiger charge is 2.31. The molecule has 1 aromatic heterocycles. The average molecular weight is 675 g/mol. The second-order valence-electron chi connectivity index (χ2n) is 11.3. The van der Waals surface area contributed by atoms with Crippen LogP contribution in [0, 0.1) is 0 Å². The number of thiocarbonyl (C=S) groups is 1. The molecule has 47 heavy (non-hydrogen) atoms. The number of carbonyl (C=O) groups is 1. The van der Waals surface area contributed by atoms with Crippen molar-refractivity contribution < 1.29 is 23.7 Å². The van der Waals surface area contributed by atoms with E-state index in [1.807, 2.05) is 30.3 Å². The van der Waals surface area contributed by atoms with Crippen LogP contribution in [0.4, 0.5) is 0 Å². The van der Waals surface area contributed by atoms with Gasteiger partial charge in [-0.25, -0.2) is 0 Å². The number of nitrogens with one attached hydrogen (secondary N) is 1. The van der Waals surface area contributed by atoms with Crippen LogP contribution in [0.25, 0.3) is 28.0 Å². The third-order valence-electron chi connectivity index (χ3n) is 8.26. The Balaban J connectivity index is 1.24. The number of tetrazole rings is 1. The number of thioether (sulfide) groups is 1. The molecule has 2 aliphatic rings. The van der Waals surface area contributed by atoms with Gasteiger partial charge in [-0.15, -0.1) is 10.2 Å². The van der Waals surface area contributed by atoms with E-state index >= 15 is 0 Å². The first-order chi connectivity index (χ1) is 23.0. The lowest BCUT2D eigenvalue weighted by Crippen LogP contribution is -2.38. The van der Waals surface area contributed by atoms with E-state index in [0.717, 1.165) is 91.7 Å². The third kappa shape index (κ3) is 8.10. The minimum atomic E-state index is -0.0795. The zero-order chi connectivity index (χ0) is 32.6. The summed E-state index contributed by atoms with van der Waals surface area (Å²) in [7, 11) is 3.31. The van der Waals surface area contributed by atoms with Gasteiger partial charge in [-0.2, -0.15) is 5.21 Å². The molecular weight excluding hydrogens is 637 g/mol. The summed E-state index contributed by atoms with van der Waals surface area (Å²) in [6.45, 7) is 5.10. The van der Waals surface area contributed by atoms with Crippen molar-refractivity contribution in [2.45, 2.75) is 25.7 Å². The Morgan fingerprint density at radius 2 is 1.83 bits per heavy atom. The Morgan fingerprint density at radius 1 is 1.00 bits per heavy atom. The molecule has 1 N–H and O–H groups in total. The lowest BCUT2D eigenvalue weighted by atomic mass is 9.97. The van der Waals surface area contributed by atoms with Crippen LogP contribution in [-0.4, -0.2) is 101 Å². The van der Waals surface area contributed by atoms with E-state index in [9.17, 15) is 4.79 Å². The molecule has 0 spiro atoms. The van der Waals surface area contributed by atoms with Crippen molar-refractivity contribution in [3.8, 4) is 28.4 Å². The lowest BCUT2D eigenvalue weighted by Gasteiger charge is -2.26. The number of aryl methyl sites for hydroxylation is 1. The quantitative estimate of drug-likeness (QED) is 0.106. The molecule has 1 amide bonds. The number of carbonyl (C=O) groups excluding carboxylic acids is 1. The number of amides is 1. The summed E-state index contributed by atoms with van der Waals surface area (Å²) in [6, 6.07) is 16.3. The maximum Gasteiger partial charge on any atom is 0.266 e. The highest BCUT2D eigenvalue weighted by molar-refractivity contribution is 8.26. The number of hydrogen-bond donors (Lipinski definition) is 1. The van der Waals surface area contributed by atoms with Crippen molar-refractivity contribution in [1.29, 1.82) is 0 Å². The first kappa shape index (κ1) is 32.9. The van der Waals surface area contributed by atoms with Crippen molar-refractivity contribution in [1.82, 2.24) is 30.4 Å². The summed E-state index contributed by atoms with van der Waals surface area (Å²) in [4.78, 5) is 18.1. The summed E-state index contributed by atoms with van der Waals surface area (Å²) in [5, 5.41) is 16.2. The van der Waals surface area contributed by atoms with Crippen LogP contribution in [0.1, 0.15) is 30.7 Å². The fourth-order valence-electron chi connectivity index (χ4n) is 5.70. The summed E-state index contributed by atoms with van der Waals surface area (Å²) in [5.41, 5.74) is 2.69. The van der Waals surface area contributed by atoms with Crippen molar-refractivity contribution in [3.63, 3.8) is 0 Å². The molecule has 2 aliphatic heterocycles. The zero-order valence-electron chi connectivity index (χ0n) is 26.6. The molecule has 0 radical (unpaired) electrons. The SMILES string of the molecule is COc1ccc2cc(-c3cc(/C=C4\SC(=S)N(CCCCCc5nn[nH]n5)C4=O)cc(OC)c3OCCN3CCOCC3)ccc2c1. The maximum atomic E-state index is 13.5. The van der Waals surface area contributed by atoms with Crippen LogP contribution in [-0.2, 0) is 16.0 Å². The van der Waals surface area contributed by atoms with Gasteiger partial charge in [-0.05, 0) is 71.1 Å². The Labute approximate surface area is 283 Å². The molecule has 11 nitrogen and oxygen atoms in total. The van der Waals surface area contributed by atoms with Gasteiger partial charge >= 0.3 is 0 Å². The van der Waals surface area contributed by atoms with E-state index in [1.54, 1.807) is 19.1 Å². The van der Waals surface area contributed by atoms with Crippen LogP contribution >= 0.6 is 24.0 Å². The van der Waals surface area contributed by atoms with E-state index in [2.05, 4.69) is 49.8 Å². The van der Waals surface area contributed by atoms with Crippen LogP contribution < -0.4 is 14.2 Å². The largest absolute Gasteiger partial charge is 0.497 e. The van der Waals surface area contributed by atoms with Gasteiger partial charge in [0.2, 0.25) is 0 Å². The molecule has 0 atom stereocenters. The number of aromatic nitrogens is 4. The molecule has 0 unspecified atom stereocenters. The van der Waals surface area contributed by atoms with Crippen LogP contribution in [0.5, 0.6) is 17.2 Å². The molecule has 2 fully saturated rings. The molecule has 3 aromatic carbocycles. The number of benzene rings is 3. The Kier molecular flexibility index (Phi) is 11.0. The Hall–Kier alpha value is -4.04. The number of ether oxygens (including phenoxy) is 4. The summed E-state index contributed by atoms with van der Waals surface area (Å²) in [5.74, 6) is 2.69. The van der Waals surface area contributed by atoms with Crippen molar-refractivity contribution in [3.05, 3.63) is 64.8 Å². The number of unbranched alkanes of at least 4 members (excludes halogenated alkanes) is 2. The summed E-state index contributed by atoms with van der Waals surface area (Å²) < 4.78 is 23.9. The molecule has 13 heteroatoms. The first-order valence-electron chi connectivity index (χ1n) is 15.7. The van der Waals surface area contributed by atoms with Gasteiger partial charge in [0.1, 0.15) is 16.7 Å². The summed E-state index contributed by atoms with van der Waals surface area (Å²) >= 11 is 6.95. The summed E-state index contributed by atoms with van der Waals surface area (Å²) in [6.07, 6.45) is 5.31. The smallest absolute Gasteiger partial charge is 0.266 e. The molecule has 2 saturated heterocycles. The van der Waals surface area contributed by atoms with Gasteiger partial charge < -0.3 is 18.9 Å². The Morgan fingerprint density at radius 3 is 2.62 bits per heavy atom.